The summed E-state index contributed by atoms with van der Waals surface area (Å²) in [5.74, 6) is 0. The third-order valence-corrected chi connectivity index (χ3v) is 5.01. The molecule has 2 aromatic heterocycles. The number of hydrogen-bond acceptors (Lipinski definition) is 3. The van der Waals surface area contributed by atoms with Gasteiger partial charge in [0, 0.05) is 0 Å². The lowest BCUT2D eigenvalue weighted by atomic mass is 10.2. The first kappa shape index (κ1) is 11.3. The van der Waals surface area contributed by atoms with Gasteiger partial charge in [-0.05, 0) is 40.3 Å². The Labute approximate surface area is 107 Å². The Hall–Kier alpha value is -0.220. The van der Waals surface area contributed by atoms with Crippen molar-refractivity contribution in [1.82, 2.24) is 0 Å². The standard InChI is InChI=1S/C11H9ClS3/c1-13-11-5-9(7-15-11)3-2-8-4-10(12)14-6-8/h2-7H,1H3. The lowest BCUT2D eigenvalue weighted by molar-refractivity contribution is 1.71. The summed E-state index contributed by atoms with van der Waals surface area (Å²) in [4.78, 5) is 0. The van der Waals surface area contributed by atoms with E-state index in [9.17, 15) is 0 Å². The Morgan fingerprint density at radius 3 is 2.33 bits per heavy atom. The van der Waals surface area contributed by atoms with E-state index >= 15 is 0 Å². The van der Waals surface area contributed by atoms with Gasteiger partial charge in [0.15, 0.2) is 0 Å². The van der Waals surface area contributed by atoms with Crippen LogP contribution in [0.2, 0.25) is 4.34 Å². The summed E-state index contributed by atoms with van der Waals surface area (Å²) in [7, 11) is 0. The van der Waals surface area contributed by atoms with E-state index in [1.54, 1.807) is 34.4 Å². The van der Waals surface area contributed by atoms with Crippen molar-refractivity contribution in [3.05, 3.63) is 38.4 Å². The van der Waals surface area contributed by atoms with E-state index < -0.39 is 0 Å². The monoisotopic (exact) mass is 272 g/mol. The quantitative estimate of drug-likeness (QED) is 0.678. The predicted octanol–water partition coefficient (Wildman–Crippen LogP) is 5.36. The molecule has 15 heavy (non-hydrogen) atoms. The fraction of sp³-hybridized carbons (Fsp3) is 0.0909. The van der Waals surface area contributed by atoms with Crippen LogP contribution in [0.3, 0.4) is 0 Å². The van der Waals surface area contributed by atoms with Crippen LogP contribution in [0.15, 0.2) is 27.1 Å². The van der Waals surface area contributed by atoms with Gasteiger partial charge in [0.25, 0.3) is 0 Å². The molecule has 2 aromatic rings. The molecule has 0 aromatic carbocycles. The van der Waals surface area contributed by atoms with Crippen LogP contribution in [0.25, 0.3) is 12.2 Å². The molecular formula is C11H9ClS3. The Kier molecular flexibility index (Phi) is 3.92. The van der Waals surface area contributed by atoms with Gasteiger partial charge in [-0.3, -0.25) is 0 Å². The van der Waals surface area contributed by atoms with Crippen molar-refractivity contribution in [2.24, 2.45) is 0 Å². The first-order valence-electron chi connectivity index (χ1n) is 4.32. The van der Waals surface area contributed by atoms with Gasteiger partial charge in [-0.15, -0.1) is 34.4 Å². The van der Waals surface area contributed by atoms with E-state index in [2.05, 4.69) is 35.2 Å². The van der Waals surface area contributed by atoms with Gasteiger partial charge in [0.05, 0.1) is 8.55 Å². The number of rotatable bonds is 3. The second-order valence-corrected chi connectivity index (χ2v) is 6.48. The molecule has 2 heterocycles. The summed E-state index contributed by atoms with van der Waals surface area (Å²) in [6.07, 6.45) is 6.31. The molecule has 0 bridgehead atoms. The third-order valence-electron chi connectivity index (χ3n) is 1.85. The molecule has 0 radical (unpaired) electrons. The Balaban J connectivity index is 2.11. The van der Waals surface area contributed by atoms with Crippen LogP contribution in [0.5, 0.6) is 0 Å². The van der Waals surface area contributed by atoms with Crippen LogP contribution < -0.4 is 0 Å². The molecule has 0 saturated carbocycles. The summed E-state index contributed by atoms with van der Waals surface area (Å²) in [6, 6.07) is 4.17. The van der Waals surface area contributed by atoms with Crippen molar-refractivity contribution in [1.29, 1.82) is 0 Å². The predicted molar refractivity (Wildman–Crippen MR) is 74.4 cm³/mol. The molecule has 0 nitrogen and oxygen atoms in total. The van der Waals surface area contributed by atoms with E-state index in [1.807, 2.05) is 6.07 Å². The van der Waals surface area contributed by atoms with Crippen LogP contribution >= 0.6 is 46.0 Å². The number of thiophene rings is 2. The summed E-state index contributed by atoms with van der Waals surface area (Å²) in [5.41, 5.74) is 2.42. The molecule has 0 aliphatic rings. The average Bonchev–Trinajstić information content (AvgIpc) is 2.83. The highest BCUT2D eigenvalue weighted by Gasteiger charge is 1.96. The fourth-order valence-electron chi connectivity index (χ4n) is 1.13. The Morgan fingerprint density at radius 1 is 1.13 bits per heavy atom. The molecule has 0 atom stereocenters. The van der Waals surface area contributed by atoms with Gasteiger partial charge in [0.1, 0.15) is 0 Å². The third kappa shape index (κ3) is 3.11. The molecule has 78 valence electrons. The van der Waals surface area contributed by atoms with Gasteiger partial charge < -0.3 is 0 Å². The second kappa shape index (κ2) is 5.21. The van der Waals surface area contributed by atoms with E-state index in [4.69, 9.17) is 11.6 Å². The van der Waals surface area contributed by atoms with Crippen LogP contribution in [0, 0.1) is 0 Å². The second-order valence-electron chi connectivity index (χ2n) is 2.92. The van der Waals surface area contributed by atoms with Crippen molar-refractivity contribution in [2.75, 3.05) is 6.26 Å². The van der Waals surface area contributed by atoms with E-state index in [0.717, 1.165) is 4.34 Å². The summed E-state index contributed by atoms with van der Waals surface area (Å²) in [5, 5.41) is 4.22. The minimum Gasteiger partial charge on any atom is -0.137 e. The van der Waals surface area contributed by atoms with Crippen molar-refractivity contribution < 1.29 is 0 Å². The minimum absolute atomic E-state index is 0.838. The maximum Gasteiger partial charge on any atom is 0.0934 e. The molecule has 2 rings (SSSR count). The number of thioether (sulfide) groups is 1. The van der Waals surface area contributed by atoms with Crippen LogP contribution in [0.1, 0.15) is 11.1 Å². The maximum atomic E-state index is 5.85. The van der Waals surface area contributed by atoms with Crippen LogP contribution in [-0.2, 0) is 0 Å². The zero-order valence-corrected chi connectivity index (χ0v) is 11.3. The van der Waals surface area contributed by atoms with Gasteiger partial charge in [-0.2, -0.15) is 0 Å². The maximum absolute atomic E-state index is 5.85. The molecule has 0 spiro atoms. The molecule has 0 aliphatic heterocycles. The summed E-state index contributed by atoms with van der Waals surface area (Å²) >= 11 is 11.0. The van der Waals surface area contributed by atoms with Gasteiger partial charge >= 0.3 is 0 Å². The summed E-state index contributed by atoms with van der Waals surface area (Å²) in [6.45, 7) is 0. The summed E-state index contributed by atoms with van der Waals surface area (Å²) < 4.78 is 2.18. The first-order chi connectivity index (χ1) is 7.28. The normalized spacial score (nSPS) is 11.3. The van der Waals surface area contributed by atoms with Gasteiger partial charge in [0.2, 0.25) is 0 Å². The molecule has 0 saturated heterocycles. The molecule has 0 aliphatic carbocycles. The molecule has 4 heteroatoms. The number of hydrogen-bond donors (Lipinski definition) is 0. The molecular weight excluding hydrogens is 264 g/mol. The minimum atomic E-state index is 0.838. The largest absolute Gasteiger partial charge is 0.137 e. The number of halogens is 1. The molecule has 0 amide bonds. The van der Waals surface area contributed by atoms with Gasteiger partial charge in [-0.25, -0.2) is 0 Å². The smallest absolute Gasteiger partial charge is 0.0934 e. The van der Waals surface area contributed by atoms with Crippen LogP contribution in [-0.4, -0.2) is 6.26 Å². The van der Waals surface area contributed by atoms with E-state index in [0.29, 0.717) is 0 Å². The lowest BCUT2D eigenvalue weighted by Crippen LogP contribution is -1.62. The van der Waals surface area contributed by atoms with Crippen molar-refractivity contribution in [2.45, 2.75) is 4.21 Å². The molecule has 0 unspecified atom stereocenters. The van der Waals surface area contributed by atoms with Crippen LogP contribution in [0.4, 0.5) is 0 Å². The highest BCUT2D eigenvalue weighted by atomic mass is 35.5. The fourth-order valence-corrected chi connectivity index (χ4v) is 3.37. The van der Waals surface area contributed by atoms with E-state index in [-0.39, 0.29) is 0 Å². The zero-order valence-electron chi connectivity index (χ0n) is 8.07. The van der Waals surface area contributed by atoms with E-state index in [1.165, 1.54) is 15.3 Å². The van der Waals surface area contributed by atoms with Gasteiger partial charge in [-0.1, -0.05) is 23.8 Å². The lowest BCUT2D eigenvalue weighted by Gasteiger charge is -1.84. The zero-order chi connectivity index (χ0) is 10.7. The highest BCUT2D eigenvalue weighted by molar-refractivity contribution is 8.00. The molecule has 0 N–H and O–H groups in total. The Morgan fingerprint density at radius 2 is 1.80 bits per heavy atom. The molecule has 0 fully saturated rings. The van der Waals surface area contributed by atoms with Crippen molar-refractivity contribution >= 4 is 58.2 Å². The first-order valence-corrected chi connectivity index (χ1v) is 7.69. The highest BCUT2D eigenvalue weighted by Crippen LogP contribution is 2.26. The SMILES string of the molecule is CSc1cc(C=Cc2csc(Cl)c2)cs1. The van der Waals surface area contributed by atoms with Crippen molar-refractivity contribution in [3.8, 4) is 0 Å². The van der Waals surface area contributed by atoms with Crippen molar-refractivity contribution in [3.63, 3.8) is 0 Å². The average molecular weight is 273 g/mol. The Bertz CT molecular complexity index is 468. The topological polar surface area (TPSA) is 0 Å².